The topological polar surface area (TPSA) is 65.7 Å². The van der Waals surface area contributed by atoms with Crippen molar-refractivity contribution >= 4 is 29.9 Å². The molecular weight excluding hydrogens is 453 g/mol. The Kier molecular flexibility index (Phi) is 11.3. The van der Waals surface area contributed by atoms with Gasteiger partial charge in [0.1, 0.15) is 0 Å². The largest absolute Gasteiger partial charge is 0.359 e. The first kappa shape index (κ1) is 24.2. The zero-order chi connectivity index (χ0) is 18.9. The van der Waals surface area contributed by atoms with E-state index in [-0.39, 0.29) is 24.0 Å². The molecule has 1 aliphatic rings. The summed E-state index contributed by atoms with van der Waals surface area (Å²) in [4.78, 5) is 6.89. The molecule has 0 bridgehead atoms. The van der Waals surface area contributed by atoms with Gasteiger partial charge in [-0.3, -0.25) is 9.89 Å². The number of nitrogens with zero attached hydrogens (tertiary/aromatic N) is 3. The summed E-state index contributed by atoms with van der Waals surface area (Å²) >= 11 is 0. The maximum atomic E-state index is 5.47. The predicted molar refractivity (Wildman–Crippen MR) is 123 cm³/mol. The van der Waals surface area contributed by atoms with Gasteiger partial charge in [0, 0.05) is 31.6 Å². The lowest BCUT2D eigenvalue weighted by atomic mass is 9.98. The monoisotopic (exact) mass is 491 g/mol. The van der Waals surface area contributed by atoms with Crippen LogP contribution in [-0.2, 0) is 6.54 Å². The zero-order valence-electron chi connectivity index (χ0n) is 17.6. The highest BCUT2D eigenvalue weighted by Crippen LogP contribution is 2.22. The Morgan fingerprint density at radius 3 is 2.56 bits per heavy atom. The number of piperidine rings is 1. The highest BCUT2D eigenvalue weighted by Gasteiger charge is 2.20. The number of aromatic nitrogens is 1. The standard InChI is InChI=1S/C20H37N5O.HI/c1-6-17(7-2)19-12-18(26-24-19)14-23-20(21-5)22-13-16(4)25-10-8-15(3)9-11-25;/h12,15-17H,6-11,13-14H2,1-5H3,(H2,21,22,23);1H. The molecule has 1 saturated heterocycles. The molecule has 1 unspecified atom stereocenters. The highest BCUT2D eigenvalue weighted by molar-refractivity contribution is 14.0. The highest BCUT2D eigenvalue weighted by atomic mass is 127. The van der Waals surface area contributed by atoms with E-state index in [1.807, 2.05) is 0 Å². The van der Waals surface area contributed by atoms with Crippen LogP contribution in [0.5, 0.6) is 0 Å². The van der Waals surface area contributed by atoms with Crippen molar-refractivity contribution in [1.29, 1.82) is 0 Å². The fourth-order valence-electron chi connectivity index (χ4n) is 3.55. The second kappa shape index (κ2) is 12.6. The molecule has 1 aliphatic heterocycles. The van der Waals surface area contributed by atoms with Gasteiger partial charge in [-0.2, -0.15) is 0 Å². The molecule has 0 spiro atoms. The fraction of sp³-hybridized carbons (Fsp3) is 0.800. The van der Waals surface area contributed by atoms with Crippen molar-refractivity contribution in [3.05, 3.63) is 17.5 Å². The van der Waals surface area contributed by atoms with E-state index in [0.29, 0.717) is 18.5 Å². The molecule has 1 aromatic heterocycles. The molecule has 7 heteroatoms. The van der Waals surface area contributed by atoms with Crippen LogP contribution in [0.3, 0.4) is 0 Å². The lowest BCUT2D eigenvalue weighted by molar-refractivity contribution is 0.147. The molecule has 156 valence electrons. The average Bonchev–Trinajstić information content (AvgIpc) is 3.12. The third-order valence-electron chi connectivity index (χ3n) is 5.64. The van der Waals surface area contributed by atoms with Crippen LogP contribution < -0.4 is 10.6 Å². The van der Waals surface area contributed by atoms with Crippen molar-refractivity contribution < 1.29 is 4.52 Å². The first-order chi connectivity index (χ1) is 12.6. The van der Waals surface area contributed by atoms with Crippen LogP contribution in [0.4, 0.5) is 0 Å². The molecule has 2 heterocycles. The number of aliphatic imine (C=N–C) groups is 1. The second-order valence-corrected chi connectivity index (χ2v) is 7.61. The summed E-state index contributed by atoms with van der Waals surface area (Å²) in [5.41, 5.74) is 1.06. The van der Waals surface area contributed by atoms with E-state index in [9.17, 15) is 0 Å². The van der Waals surface area contributed by atoms with Crippen molar-refractivity contribution in [3.8, 4) is 0 Å². The molecule has 2 rings (SSSR count). The Morgan fingerprint density at radius 2 is 1.96 bits per heavy atom. The van der Waals surface area contributed by atoms with Crippen molar-refractivity contribution in [3.63, 3.8) is 0 Å². The van der Waals surface area contributed by atoms with Gasteiger partial charge in [0.25, 0.3) is 0 Å². The Labute approximate surface area is 181 Å². The Bertz CT molecular complexity index is 550. The molecule has 6 nitrogen and oxygen atoms in total. The summed E-state index contributed by atoms with van der Waals surface area (Å²) in [6.07, 6.45) is 4.79. The number of likely N-dealkylation sites (tertiary alicyclic amines) is 1. The summed E-state index contributed by atoms with van der Waals surface area (Å²) in [6.45, 7) is 12.9. The van der Waals surface area contributed by atoms with Crippen molar-refractivity contribution in [2.75, 3.05) is 26.7 Å². The van der Waals surface area contributed by atoms with Crippen LogP contribution in [0.1, 0.15) is 70.8 Å². The summed E-state index contributed by atoms with van der Waals surface area (Å²) in [6, 6.07) is 2.57. The number of hydrogen-bond donors (Lipinski definition) is 2. The van der Waals surface area contributed by atoms with Crippen LogP contribution >= 0.6 is 24.0 Å². The molecule has 0 saturated carbocycles. The number of nitrogens with one attached hydrogen (secondary N) is 2. The molecule has 1 atom stereocenters. The lowest BCUT2D eigenvalue weighted by Crippen LogP contribution is -2.47. The Morgan fingerprint density at radius 1 is 1.30 bits per heavy atom. The Balaban J connectivity index is 0.00000364. The summed E-state index contributed by atoms with van der Waals surface area (Å²) in [7, 11) is 1.80. The van der Waals surface area contributed by atoms with E-state index < -0.39 is 0 Å². The molecule has 27 heavy (non-hydrogen) atoms. The van der Waals surface area contributed by atoms with E-state index in [1.165, 1.54) is 25.9 Å². The fourth-order valence-corrected chi connectivity index (χ4v) is 3.55. The molecule has 0 radical (unpaired) electrons. The van der Waals surface area contributed by atoms with Crippen LogP contribution in [0.15, 0.2) is 15.6 Å². The summed E-state index contributed by atoms with van der Waals surface area (Å²) < 4.78 is 5.47. The third kappa shape index (κ3) is 7.60. The SMILES string of the molecule is CCC(CC)c1cc(CNC(=NC)NCC(C)N2CCC(C)CC2)on1.I. The second-order valence-electron chi connectivity index (χ2n) is 7.61. The van der Waals surface area contributed by atoms with Gasteiger partial charge in [0.05, 0.1) is 12.2 Å². The van der Waals surface area contributed by atoms with E-state index in [4.69, 9.17) is 4.52 Å². The van der Waals surface area contributed by atoms with Gasteiger partial charge in [0.2, 0.25) is 0 Å². The van der Waals surface area contributed by atoms with Crippen molar-refractivity contribution in [2.45, 2.75) is 71.9 Å². The predicted octanol–water partition coefficient (Wildman–Crippen LogP) is 3.98. The van der Waals surface area contributed by atoms with Gasteiger partial charge in [0.15, 0.2) is 11.7 Å². The number of halogens is 1. The number of hydrogen-bond acceptors (Lipinski definition) is 4. The minimum atomic E-state index is 0. The molecule has 0 aliphatic carbocycles. The maximum Gasteiger partial charge on any atom is 0.191 e. The van der Waals surface area contributed by atoms with Crippen LogP contribution in [0.25, 0.3) is 0 Å². The minimum absolute atomic E-state index is 0. The van der Waals surface area contributed by atoms with Crippen molar-refractivity contribution in [2.24, 2.45) is 10.9 Å². The average molecular weight is 491 g/mol. The van der Waals surface area contributed by atoms with Crippen LogP contribution in [0.2, 0.25) is 0 Å². The van der Waals surface area contributed by atoms with Gasteiger partial charge >= 0.3 is 0 Å². The zero-order valence-corrected chi connectivity index (χ0v) is 20.0. The van der Waals surface area contributed by atoms with Gasteiger partial charge < -0.3 is 15.2 Å². The first-order valence-electron chi connectivity index (χ1n) is 10.2. The molecule has 1 aromatic rings. The molecule has 2 N–H and O–H groups in total. The van der Waals surface area contributed by atoms with E-state index >= 15 is 0 Å². The number of guanidine groups is 1. The van der Waals surface area contributed by atoms with Gasteiger partial charge in [-0.25, -0.2) is 0 Å². The van der Waals surface area contributed by atoms with E-state index in [2.05, 4.69) is 59.4 Å². The van der Waals surface area contributed by atoms with Gasteiger partial charge in [-0.1, -0.05) is 25.9 Å². The molecule has 1 fully saturated rings. The quantitative estimate of drug-likeness (QED) is 0.327. The minimum Gasteiger partial charge on any atom is -0.359 e. The molecule has 0 aromatic carbocycles. The normalized spacial score (nSPS) is 17.6. The Hall–Kier alpha value is -0.830. The lowest BCUT2D eigenvalue weighted by Gasteiger charge is -2.35. The molecular formula is C20H38IN5O. The van der Waals surface area contributed by atoms with E-state index in [0.717, 1.165) is 42.7 Å². The van der Waals surface area contributed by atoms with Gasteiger partial charge in [-0.05, 0) is 51.6 Å². The summed E-state index contributed by atoms with van der Waals surface area (Å²) in [5.74, 6) is 3.02. The molecule has 0 amide bonds. The maximum absolute atomic E-state index is 5.47. The summed E-state index contributed by atoms with van der Waals surface area (Å²) in [5, 5.41) is 11.0. The smallest absolute Gasteiger partial charge is 0.191 e. The van der Waals surface area contributed by atoms with Crippen LogP contribution in [-0.4, -0.2) is 48.7 Å². The number of rotatable bonds is 8. The first-order valence-corrected chi connectivity index (χ1v) is 10.2. The van der Waals surface area contributed by atoms with Crippen molar-refractivity contribution in [1.82, 2.24) is 20.7 Å². The van der Waals surface area contributed by atoms with Crippen LogP contribution in [0, 0.1) is 5.92 Å². The van der Waals surface area contributed by atoms with E-state index in [1.54, 1.807) is 7.05 Å². The van der Waals surface area contributed by atoms with Gasteiger partial charge in [-0.15, -0.1) is 24.0 Å². The third-order valence-corrected chi connectivity index (χ3v) is 5.64.